The molecule has 0 unspecified atom stereocenters. The fourth-order valence-electron chi connectivity index (χ4n) is 2.03. The van der Waals surface area contributed by atoms with Crippen LogP contribution in [0.15, 0.2) is 9.59 Å². The maximum atomic E-state index is 12.0. The Kier molecular flexibility index (Phi) is 5.06. The molecule has 5 nitrogen and oxygen atoms in total. The Morgan fingerprint density at radius 1 is 1.50 bits per heavy atom. The molecule has 2 rings (SSSR count). The second-order valence-corrected chi connectivity index (χ2v) is 8.29. The van der Waals surface area contributed by atoms with E-state index in [1.807, 2.05) is 0 Å². The molecule has 20 heavy (non-hydrogen) atoms. The van der Waals surface area contributed by atoms with E-state index in [1.54, 1.807) is 6.92 Å². The second-order valence-electron chi connectivity index (χ2n) is 4.65. The van der Waals surface area contributed by atoms with Crippen LogP contribution >= 0.6 is 22.0 Å². The molecule has 0 aliphatic carbocycles. The van der Waals surface area contributed by atoms with Crippen molar-refractivity contribution >= 4 is 37.0 Å². The molecule has 0 radical (unpaired) electrons. The fraction of sp³-hybridized carbons (Fsp3) is 0.583. The predicted molar refractivity (Wildman–Crippen MR) is 75.9 cm³/mol. The van der Waals surface area contributed by atoms with Crippen LogP contribution in [0.5, 0.6) is 0 Å². The average Bonchev–Trinajstić information content (AvgIpc) is 2.79. The van der Waals surface area contributed by atoms with Crippen molar-refractivity contribution in [2.75, 3.05) is 19.8 Å². The number of ether oxygens (including phenoxy) is 2. The van der Waals surface area contributed by atoms with Gasteiger partial charge in [-0.25, -0.2) is 13.2 Å². The molecule has 0 N–H and O–H groups in total. The highest BCUT2D eigenvalue weighted by atomic mass is 35.7. The third kappa shape index (κ3) is 3.72. The summed E-state index contributed by atoms with van der Waals surface area (Å²) in [6, 6.07) is 0. The van der Waals surface area contributed by atoms with Crippen LogP contribution in [0.2, 0.25) is 0 Å². The topological polar surface area (TPSA) is 69.7 Å². The van der Waals surface area contributed by atoms with Gasteiger partial charge in [-0.05, 0) is 31.2 Å². The summed E-state index contributed by atoms with van der Waals surface area (Å²) in [5, 5.41) is 1.47. The zero-order valence-corrected chi connectivity index (χ0v) is 13.3. The van der Waals surface area contributed by atoms with Gasteiger partial charge < -0.3 is 9.47 Å². The van der Waals surface area contributed by atoms with Crippen molar-refractivity contribution in [2.24, 2.45) is 5.92 Å². The van der Waals surface area contributed by atoms with Gasteiger partial charge in [0, 0.05) is 29.3 Å². The molecule has 8 heteroatoms. The zero-order chi connectivity index (χ0) is 14.8. The van der Waals surface area contributed by atoms with E-state index in [4.69, 9.17) is 20.2 Å². The Balaban J connectivity index is 2.01. The van der Waals surface area contributed by atoms with E-state index in [0.29, 0.717) is 31.3 Å². The summed E-state index contributed by atoms with van der Waals surface area (Å²) < 4.78 is 33.1. The molecule has 0 saturated carbocycles. The molecule has 0 spiro atoms. The standard InChI is InChI=1S/C12H15ClO5S2/c1-8-10(7-19-12(8)20(13,15)16)11(14)18-6-9-2-4-17-5-3-9/h7,9H,2-6H2,1H3. The first kappa shape index (κ1) is 15.8. The lowest BCUT2D eigenvalue weighted by Gasteiger charge is -2.21. The Morgan fingerprint density at radius 3 is 2.70 bits per heavy atom. The van der Waals surface area contributed by atoms with Gasteiger partial charge in [0.05, 0.1) is 12.2 Å². The largest absolute Gasteiger partial charge is 0.462 e. The van der Waals surface area contributed by atoms with E-state index in [1.165, 1.54) is 5.38 Å². The SMILES string of the molecule is Cc1c(C(=O)OCC2CCOCC2)csc1S(=O)(=O)Cl. The molecule has 1 aliphatic heterocycles. The number of thiophene rings is 1. The molecular formula is C12H15ClO5S2. The van der Waals surface area contributed by atoms with Gasteiger partial charge in [-0.3, -0.25) is 0 Å². The van der Waals surface area contributed by atoms with Gasteiger partial charge in [0.2, 0.25) is 0 Å². The van der Waals surface area contributed by atoms with E-state index in [0.717, 1.165) is 24.2 Å². The number of carbonyl (C=O) groups excluding carboxylic acids is 1. The van der Waals surface area contributed by atoms with Gasteiger partial charge in [0.15, 0.2) is 0 Å². The maximum Gasteiger partial charge on any atom is 0.339 e. The predicted octanol–water partition coefficient (Wildman–Crippen LogP) is 2.57. The number of carbonyl (C=O) groups is 1. The van der Waals surface area contributed by atoms with Crippen LogP contribution in [0.25, 0.3) is 0 Å². The molecule has 1 aromatic heterocycles. The summed E-state index contributed by atoms with van der Waals surface area (Å²) >= 11 is 0.932. The van der Waals surface area contributed by atoms with E-state index < -0.39 is 15.0 Å². The van der Waals surface area contributed by atoms with Crippen molar-refractivity contribution in [3.05, 3.63) is 16.5 Å². The smallest absolute Gasteiger partial charge is 0.339 e. The minimum atomic E-state index is -3.82. The molecule has 1 aliphatic rings. The molecule has 1 saturated heterocycles. The van der Waals surface area contributed by atoms with E-state index in [2.05, 4.69) is 0 Å². The highest BCUT2D eigenvalue weighted by molar-refractivity contribution is 8.15. The lowest BCUT2D eigenvalue weighted by Crippen LogP contribution is -2.22. The van der Waals surface area contributed by atoms with Crippen molar-refractivity contribution < 1.29 is 22.7 Å². The highest BCUT2D eigenvalue weighted by Gasteiger charge is 2.24. The summed E-state index contributed by atoms with van der Waals surface area (Å²) in [7, 11) is 1.48. The molecular weight excluding hydrogens is 324 g/mol. The van der Waals surface area contributed by atoms with Gasteiger partial charge in [-0.2, -0.15) is 0 Å². The molecule has 2 heterocycles. The van der Waals surface area contributed by atoms with Crippen molar-refractivity contribution in [3.8, 4) is 0 Å². The Morgan fingerprint density at radius 2 is 2.15 bits per heavy atom. The van der Waals surface area contributed by atoms with Crippen molar-refractivity contribution in [1.82, 2.24) is 0 Å². The first-order chi connectivity index (χ1) is 9.39. The number of rotatable bonds is 4. The first-order valence-corrected chi connectivity index (χ1v) is 9.36. The monoisotopic (exact) mass is 338 g/mol. The van der Waals surface area contributed by atoms with Crippen molar-refractivity contribution in [1.29, 1.82) is 0 Å². The minimum Gasteiger partial charge on any atom is -0.462 e. The molecule has 112 valence electrons. The quantitative estimate of drug-likeness (QED) is 0.623. The first-order valence-electron chi connectivity index (χ1n) is 6.17. The number of halogens is 1. The molecule has 1 aromatic rings. The molecule has 0 atom stereocenters. The normalized spacial score (nSPS) is 17.1. The van der Waals surface area contributed by atoms with Gasteiger partial charge in [0.1, 0.15) is 4.21 Å². The summed E-state index contributed by atoms with van der Waals surface area (Å²) in [6.07, 6.45) is 1.74. The Bertz CT molecular complexity index is 587. The highest BCUT2D eigenvalue weighted by Crippen LogP contribution is 2.30. The van der Waals surface area contributed by atoms with Crippen molar-refractivity contribution in [2.45, 2.75) is 24.0 Å². The Hall–Kier alpha value is -0.630. The van der Waals surface area contributed by atoms with Crippen LogP contribution in [0.1, 0.15) is 28.8 Å². The molecule has 0 amide bonds. The van der Waals surface area contributed by atoms with Crippen LogP contribution in [0.3, 0.4) is 0 Å². The minimum absolute atomic E-state index is 0.00261. The third-order valence-electron chi connectivity index (χ3n) is 3.23. The molecule has 1 fully saturated rings. The van der Waals surface area contributed by atoms with Crippen LogP contribution in [0.4, 0.5) is 0 Å². The number of hydrogen-bond acceptors (Lipinski definition) is 6. The van der Waals surface area contributed by atoms with Gasteiger partial charge in [-0.1, -0.05) is 0 Å². The lowest BCUT2D eigenvalue weighted by molar-refractivity contribution is 0.0185. The fourth-order valence-corrected chi connectivity index (χ4v) is 4.56. The third-order valence-corrected chi connectivity index (χ3v) is 6.53. The van der Waals surface area contributed by atoms with Crippen LogP contribution in [-0.2, 0) is 18.5 Å². The summed E-state index contributed by atoms with van der Waals surface area (Å²) in [6.45, 7) is 3.26. The molecule has 0 bridgehead atoms. The van der Waals surface area contributed by atoms with Crippen molar-refractivity contribution in [3.63, 3.8) is 0 Å². The van der Waals surface area contributed by atoms with Gasteiger partial charge in [0.25, 0.3) is 9.05 Å². The summed E-state index contributed by atoms with van der Waals surface area (Å²) in [5.41, 5.74) is 0.614. The summed E-state index contributed by atoms with van der Waals surface area (Å²) in [5.74, 6) is -0.195. The Labute approximate surface area is 126 Å². The van der Waals surface area contributed by atoms with E-state index in [-0.39, 0.29) is 9.77 Å². The lowest BCUT2D eigenvalue weighted by atomic mass is 10.0. The van der Waals surface area contributed by atoms with Crippen LogP contribution < -0.4 is 0 Å². The molecule has 0 aromatic carbocycles. The number of esters is 1. The maximum absolute atomic E-state index is 12.0. The number of hydrogen-bond donors (Lipinski definition) is 0. The van der Waals surface area contributed by atoms with Gasteiger partial charge in [-0.15, -0.1) is 11.3 Å². The van der Waals surface area contributed by atoms with E-state index >= 15 is 0 Å². The van der Waals surface area contributed by atoms with Gasteiger partial charge >= 0.3 is 5.97 Å². The average molecular weight is 339 g/mol. The van der Waals surface area contributed by atoms with E-state index in [9.17, 15) is 13.2 Å². The summed E-state index contributed by atoms with van der Waals surface area (Å²) in [4.78, 5) is 12.0. The van der Waals surface area contributed by atoms with Crippen LogP contribution in [0, 0.1) is 12.8 Å². The zero-order valence-electron chi connectivity index (χ0n) is 10.9. The second kappa shape index (κ2) is 6.43. The van der Waals surface area contributed by atoms with Crippen LogP contribution in [-0.4, -0.2) is 34.2 Å².